The van der Waals surface area contributed by atoms with E-state index in [1.54, 1.807) is 24.5 Å². The molecule has 158 valence electrons. The van der Waals surface area contributed by atoms with Gasteiger partial charge in [0.15, 0.2) is 0 Å². The van der Waals surface area contributed by atoms with E-state index in [1.165, 1.54) is 6.33 Å². The van der Waals surface area contributed by atoms with E-state index in [0.29, 0.717) is 5.69 Å². The van der Waals surface area contributed by atoms with Gasteiger partial charge in [0.1, 0.15) is 23.6 Å². The minimum Gasteiger partial charge on any atom is -0.345 e. The van der Waals surface area contributed by atoms with E-state index in [2.05, 4.69) is 25.3 Å². The molecule has 1 amide bonds. The molecule has 0 aliphatic heterocycles. The Hall–Kier alpha value is -4.31. The number of benzene rings is 1. The van der Waals surface area contributed by atoms with Crippen molar-refractivity contribution in [2.75, 3.05) is 5.32 Å². The highest BCUT2D eigenvalue weighted by molar-refractivity contribution is 6.07. The summed E-state index contributed by atoms with van der Waals surface area (Å²) >= 11 is 0. The molecule has 7 heteroatoms. The minimum absolute atomic E-state index is 0.0906. The lowest BCUT2D eigenvalue weighted by molar-refractivity contribution is -0.112. The maximum atomic E-state index is 12.6. The Balaban J connectivity index is 1.66. The predicted octanol–water partition coefficient (Wildman–Crippen LogP) is 5.12. The first-order chi connectivity index (χ1) is 15.3. The first-order valence-corrected chi connectivity index (χ1v) is 10.1. The number of nitrogens with zero attached hydrogens (tertiary/aromatic N) is 4. The van der Waals surface area contributed by atoms with E-state index in [9.17, 15) is 10.1 Å². The van der Waals surface area contributed by atoms with E-state index in [4.69, 9.17) is 0 Å². The fourth-order valence-electron chi connectivity index (χ4n) is 3.38. The van der Waals surface area contributed by atoms with Crippen LogP contribution in [0.2, 0.25) is 0 Å². The van der Waals surface area contributed by atoms with E-state index in [0.717, 1.165) is 33.4 Å². The molecule has 0 aliphatic rings. The molecule has 7 nitrogen and oxygen atoms in total. The number of anilines is 1. The fourth-order valence-corrected chi connectivity index (χ4v) is 3.38. The number of amides is 1. The number of fused-ring (bicyclic) bond motifs is 1. The normalized spacial score (nSPS) is 11.9. The van der Waals surface area contributed by atoms with Crippen molar-refractivity contribution in [2.24, 2.45) is 5.41 Å². The van der Waals surface area contributed by atoms with Gasteiger partial charge in [-0.1, -0.05) is 39.0 Å². The number of pyridine rings is 1. The van der Waals surface area contributed by atoms with Gasteiger partial charge < -0.3 is 10.3 Å². The van der Waals surface area contributed by atoms with Crippen LogP contribution in [0.25, 0.3) is 33.4 Å². The van der Waals surface area contributed by atoms with Gasteiger partial charge in [-0.2, -0.15) is 5.26 Å². The van der Waals surface area contributed by atoms with Crippen molar-refractivity contribution in [3.63, 3.8) is 0 Å². The van der Waals surface area contributed by atoms with Crippen molar-refractivity contribution in [1.29, 1.82) is 5.26 Å². The molecule has 0 saturated heterocycles. The van der Waals surface area contributed by atoms with Crippen molar-refractivity contribution in [1.82, 2.24) is 19.9 Å². The topological polar surface area (TPSA) is 107 Å². The average Bonchev–Trinajstić information content (AvgIpc) is 3.21. The summed E-state index contributed by atoms with van der Waals surface area (Å²) in [7, 11) is 0. The highest BCUT2D eigenvalue weighted by Crippen LogP contribution is 2.30. The van der Waals surface area contributed by atoms with Crippen LogP contribution in [-0.2, 0) is 4.79 Å². The molecule has 0 atom stereocenters. The summed E-state index contributed by atoms with van der Waals surface area (Å²) in [4.78, 5) is 28.6. The zero-order valence-corrected chi connectivity index (χ0v) is 18.0. The number of hydrogen-bond acceptors (Lipinski definition) is 5. The van der Waals surface area contributed by atoms with Crippen molar-refractivity contribution in [3.8, 4) is 28.5 Å². The molecule has 0 spiro atoms. The lowest BCUT2D eigenvalue weighted by Crippen LogP contribution is -2.15. The van der Waals surface area contributed by atoms with Crippen LogP contribution >= 0.6 is 0 Å². The van der Waals surface area contributed by atoms with Crippen LogP contribution < -0.4 is 5.32 Å². The second kappa shape index (κ2) is 8.44. The standard InChI is InChI=1S/C25H22N6O/c1-25(2,3)11-18(12-26)24(32)31-19-6-4-5-16(9-19)17-10-20-21(14-29-23(20)28-13-17)22-7-8-27-15-30-22/h4-11,13-15H,1-3H3,(H,28,29)(H,31,32)/b18-11+. The molecule has 0 radical (unpaired) electrons. The molecule has 32 heavy (non-hydrogen) atoms. The maximum absolute atomic E-state index is 12.6. The number of carbonyl (C=O) groups excluding carboxylic acids is 1. The number of aromatic nitrogens is 4. The second-order valence-corrected chi connectivity index (χ2v) is 8.49. The molecule has 3 aromatic heterocycles. The number of rotatable bonds is 4. The van der Waals surface area contributed by atoms with E-state index in [-0.39, 0.29) is 11.0 Å². The largest absolute Gasteiger partial charge is 0.345 e. The Kier molecular flexibility index (Phi) is 5.52. The molecule has 0 bridgehead atoms. The summed E-state index contributed by atoms with van der Waals surface area (Å²) in [6.45, 7) is 5.83. The van der Waals surface area contributed by atoms with Gasteiger partial charge in [0.25, 0.3) is 5.91 Å². The van der Waals surface area contributed by atoms with Crippen LogP contribution in [-0.4, -0.2) is 25.8 Å². The fraction of sp³-hybridized carbons (Fsp3) is 0.160. The smallest absolute Gasteiger partial charge is 0.265 e. The molecule has 4 aromatic rings. The highest BCUT2D eigenvalue weighted by atomic mass is 16.1. The summed E-state index contributed by atoms with van der Waals surface area (Å²) < 4.78 is 0. The molecular formula is C25H22N6O. The van der Waals surface area contributed by atoms with Crippen LogP contribution in [0.1, 0.15) is 20.8 Å². The number of H-pyrrole nitrogens is 1. The zero-order chi connectivity index (χ0) is 22.7. The SMILES string of the molecule is CC(C)(C)/C=C(\C#N)C(=O)Nc1cccc(-c2cnc3[nH]cc(-c4ccncn4)c3c2)c1. The van der Waals surface area contributed by atoms with Gasteiger partial charge in [-0.05, 0) is 35.2 Å². The van der Waals surface area contributed by atoms with Crippen molar-refractivity contribution < 1.29 is 4.79 Å². The highest BCUT2D eigenvalue weighted by Gasteiger charge is 2.15. The summed E-state index contributed by atoms with van der Waals surface area (Å²) in [5.41, 5.74) is 4.72. The Labute approximate surface area is 185 Å². The van der Waals surface area contributed by atoms with Crippen LogP contribution in [0.4, 0.5) is 5.69 Å². The minimum atomic E-state index is -0.426. The van der Waals surface area contributed by atoms with Crippen LogP contribution in [0.15, 0.2) is 73.0 Å². The summed E-state index contributed by atoms with van der Waals surface area (Å²) in [5, 5.41) is 13.1. The molecule has 4 rings (SSSR count). The molecular weight excluding hydrogens is 400 g/mol. The third kappa shape index (κ3) is 4.55. The number of allylic oxidation sites excluding steroid dienone is 1. The Bertz CT molecular complexity index is 1360. The summed E-state index contributed by atoms with van der Waals surface area (Å²) in [5.74, 6) is -0.426. The van der Waals surface area contributed by atoms with Gasteiger partial charge in [-0.15, -0.1) is 0 Å². The lowest BCUT2D eigenvalue weighted by atomic mass is 9.93. The zero-order valence-electron chi connectivity index (χ0n) is 18.0. The predicted molar refractivity (Wildman–Crippen MR) is 124 cm³/mol. The van der Waals surface area contributed by atoms with Crippen molar-refractivity contribution in [2.45, 2.75) is 20.8 Å². The molecule has 0 saturated carbocycles. The molecule has 0 unspecified atom stereocenters. The number of nitriles is 1. The van der Waals surface area contributed by atoms with Gasteiger partial charge in [0.2, 0.25) is 0 Å². The first kappa shape index (κ1) is 20.9. The molecule has 1 aromatic carbocycles. The summed E-state index contributed by atoms with van der Waals surface area (Å²) in [6.07, 6.45) is 8.55. The molecule has 3 heterocycles. The quantitative estimate of drug-likeness (QED) is 0.350. The average molecular weight is 422 g/mol. The number of carbonyl (C=O) groups is 1. The molecule has 0 fully saturated rings. The van der Waals surface area contributed by atoms with Crippen molar-refractivity contribution in [3.05, 3.63) is 73.0 Å². The van der Waals surface area contributed by atoms with E-state index >= 15 is 0 Å². The van der Waals surface area contributed by atoms with Gasteiger partial charge >= 0.3 is 0 Å². The number of aromatic amines is 1. The van der Waals surface area contributed by atoms with Gasteiger partial charge in [0, 0.05) is 40.8 Å². The van der Waals surface area contributed by atoms with Gasteiger partial charge in [-0.25, -0.2) is 15.0 Å². The van der Waals surface area contributed by atoms with Crippen LogP contribution in [0.5, 0.6) is 0 Å². The van der Waals surface area contributed by atoms with Crippen LogP contribution in [0, 0.1) is 16.7 Å². The first-order valence-electron chi connectivity index (χ1n) is 10.1. The van der Waals surface area contributed by atoms with E-state index in [1.807, 2.05) is 63.4 Å². The molecule has 2 N–H and O–H groups in total. The number of hydrogen-bond donors (Lipinski definition) is 2. The third-order valence-electron chi connectivity index (χ3n) is 4.79. The van der Waals surface area contributed by atoms with Crippen molar-refractivity contribution >= 4 is 22.6 Å². The second-order valence-electron chi connectivity index (χ2n) is 8.49. The lowest BCUT2D eigenvalue weighted by Gasteiger charge is -2.13. The third-order valence-corrected chi connectivity index (χ3v) is 4.79. The monoisotopic (exact) mass is 422 g/mol. The van der Waals surface area contributed by atoms with E-state index < -0.39 is 5.91 Å². The van der Waals surface area contributed by atoms with Crippen LogP contribution in [0.3, 0.4) is 0 Å². The Morgan fingerprint density at radius 3 is 2.72 bits per heavy atom. The Morgan fingerprint density at radius 1 is 1.16 bits per heavy atom. The summed E-state index contributed by atoms with van der Waals surface area (Å²) in [6, 6.07) is 13.3. The Morgan fingerprint density at radius 2 is 2.00 bits per heavy atom. The van der Waals surface area contributed by atoms with Gasteiger partial charge in [-0.3, -0.25) is 4.79 Å². The maximum Gasteiger partial charge on any atom is 0.265 e. The number of nitrogens with one attached hydrogen (secondary N) is 2. The van der Waals surface area contributed by atoms with Gasteiger partial charge in [0.05, 0.1) is 5.69 Å². The molecule has 0 aliphatic carbocycles.